The van der Waals surface area contributed by atoms with E-state index in [1.165, 1.54) is 0 Å². The molecule has 5 rings (SSSR count). The molecule has 1 aliphatic rings. The van der Waals surface area contributed by atoms with E-state index in [-0.39, 0.29) is 17.3 Å². The SMILES string of the molecule is CC(C)(CC1([N+](=O)[O-])c2ccccc2Cc2ccccc21)C(=O)Nc1n[nH]c(-c2ccncc2)n1. The highest BCUT2D eigenvalue weighted by Crippen LogP contribution is 2.48. The lowest BCUT2D eigenvalue weighted by molar-refractivity contribution is -0.570. The van der Waals surface area contributed by atoms with Crippen LogP contribution in [0.1, 0.15) is 42.5 Å². The van der Waals surface area contributed by atoms with Crippen molar-refractivity contribution in [1.82, 2.24) is 20.2 Å². The molecule has 1 amide bonds. The number of rotatable bonds is 6. The predicted octanol–water partition coefficient (Wildman–Crippen LogP) is 4.35. The third-order valence-corrected chi connectivity index (χ3v) is 6.60. The molecule has 4 aromatic rings. The van der Waals surface area contributed by atoms with E-state index in [1.54, 1.807) is 50.5 Å². The van der Waals surface area contributed by atoms with Gasteiger partial charge in [-0.25, -0.2) is 0 Å². The minimum atomic E-state index is -1.56. The van der Waals surface area contributed by atoms with E-state index in [0.717, 1.165) is 16.7 Å². The zero-order valence-electron chi connectivity index (χ0n) is 19.4. The topological polar surface area (TPSA) is 127 Å². The molecule has 2 aromatic heterocycles. The summed E-state index contributed by atoms with van der Waals surface area (Å²) in [5.41, 5.74) is 1.14. The van der Waals surface area contributed by atoms with Crippen molar-refractivity contribution < 1.29 is 9.72 Å². The first kappa shape index (κ1) is 22.4. The number of anilines is 1. The lowest BCUT2D eigenvalue weighted by Crippen LogP contribution is -2.47. The van der Waals surface area contributed by atoms with Crippen LogP contribution in [-0.4, -0.2) is 31.0 Å². The van der Waals surface area contributed by atoms with Crippen molar-refractivity contribution in [2.75, 3.05) is 5.32 Å². The van der Waals surface area contributed by atoms with Crippen LogP contribution in [0, 0.1) is 15.5 Å². The number of nitro groups is 1. The molecule has 9 heteroatoms. The summed E-state index contributed by atoms with van der Waals surface area (Å²) < 4.78 is 0. The number of aromatic nitrogens is 4. The van der Waals surface area contributed by atoms with Gasteiger partial charge in [-0.15, -0.1) is 5.10 Å². The summed E-state index contributed by atoms with van der Waals surface area (Å²) in [4.78, 5) is 34.3. The van der Waals surface area contributed by atoms with Gasteiger partial charge in [0, 0.05) is 40.4 Å². The number of fused-ring (bicyclic) bond motifs is 2. The van der Waals surface area contributed by atoms with Crippen LogP contribution >= 0.6 is 0 Å². The first-order valence-corrected chi connectivity index (χ1v) is 11.3. The van der Waals surface area contributed by atoms with E-state index in [4.69, 9.17) is 0 Å². The molecule has 0 saturated carbocycles. The second-order valence-electron chi connectivity index (χ2n) is 9.37. The van der Waals surface area contributed by atoms with Crippen LogP contribution in [0.5, 0.6) is 0 Å². The van der Waals surface area contributed by atoms with Crippen LogP contribution < -0.4 is 5.32 Å². The van der Waals surface area contributed by atoms with Gasteiger partial charge in [0.15, 0.2) is 5.82 Å². The largest absolute Gasteiger partial charge is 0.293 e. The number of amides is 1. The van der Waals surface area contributed by atoms with Crippen molar-refractivity contribution in [2.24, 2.45) is 5.41 Å². The maximum atomic E-state index is 13.4. The number of hydrogen-bond donors (Lipinski definition) is 2. The van der Waals surface area contributed by atoms with E-state index >= 15 is 0 Å². The van der Waals surface area contributed by atoms with E-state index in [2.05, 4.69) is 25.5 Å². The summed E-state index contributed by atoms with van der Waals surface area (Å²) in [6.45, 7) is 3.42. The Hall–Kier alpha value is -4.40. The van der Waals surface area contributed by atoms with Gasteiger partial charge in [0.25, 0.3) is 5.54 Å². The summed E-state index contributed by atoms with van der Waals surface area (Å²) in [6, 6.07) is 18.4. The lowest BCUT2D eigenvalue weighted by atomic mass is 9.65. The second-order valence-corrected chi connectivity index (χ2v) is 9.37. The van der Waals surface area contributed by atoms with Gasteiger partial charge in [-0.1, -0.05) is 62.4 Å². The molecule has 0 saturated heterocycles. The Morgan fingerprint density at radius 2 is 1.66 bits per heavy atom. The maximum absolute atomic E-state index is 13.4. The molecule has 0 spiro atoms. The highest BCUT2D eigenvalue weighted by Gasteiger charge is 2.55. The highest BCUT2D eigenvalue weighted by atomic mass is 16.6. The summed E-state index contributed by atoms with van der Waals surface area (Å²) in [5.74, 6) is 0.187. The Morgan fingerprint density at radius 1 is 1.06 bits per heavy atom. The first-order valence-electron chi connectivity index (χ1n) is 11.3. The van der Waals surface area contributed by atoms with Gasteiger partial charge in [0.2, 0.25) is 11.9 Å². The van der Waals surface area contributed by atoms with Crippen LogP contribution in [0.15, 0.2) is 73.1 Å². The summed E-state index contributed by atoms with van der Waals surface area (Å²) in [6.07, 6.45) is 3.85. The number of H-pyrrole nitrogens is 1. The molecule has 176 valence electrons. The van der Waals surface area contributed by atoms with Crippen molar-refractivity contribution in [3.63, 3.8) is 0 Å². The Kier molecular flexibility index (Phi) is 5.39. The fourth-order valence-corrected chi connectivity index (χ4v) is 4.91. The maximum Gasteiger partial charge on any atom is 0.273 e. The molecule has 0 fully saturated rings. The van der Waals surface area contributed by atoms with Crippen molar-refractivity contribution >= 4 is 11.9 Å². The molecular weight excluding hydrogens is 444 g/mol. The van der Waals surface area contributed by atoms with Crippen LogP contribution in [0.4, 0.5) is 5.95 Å². The Bertz CT molecular complexity index is 1370. The quantitative estimate of drug-likeness (QED) is 0.320. The fourth-order valence-electron chi connectivity index (χ4n) is 4.91. The third kappa shape index (κ3) is 3.84. The minimum absolute atomic E-state index is 0.0332. The number of nitrogens with zero attached hydrogens (tertiary/aromatic N) is 4. The van der Waals surface area contributed by atoms with Gasteiger partial charge < -0.3 is 0 Å². The van der Waals surface area contributed by atoms with E-state index in [0.29, 0.717) is 23.4 Å². The normalized spacial score (nSPS) is 14.0. The van der Waals surface area contributed by atoms with Crippen molar-refractivity contribution in [3.8, 4) is 11.4 Å². The van der Waals surface area contributed by atoms with Crippen molar-refractivity contribution in [1.29, 1.82) is 0 Å². The summed E-state index contributed by atoms with van der Waals surface area (Å²) in [5, 5.41) is 22.5. The number of benzene rings is 2. The standard InChI is InChI=1S/C26H24N6O3/c1-25(2,23(33)29-24-28-22(30-31-24)17-11-13-27-14-12-17)16-26(32(34)35)20-9-5-3-7-18(20)15-19-8-4-6-10-21(19)26/h3-14H,15-16H2,1-2H3,(H2,28,29,30,31,33). The average Bonchev–Trinajstić information content (AvgIpc) is 3.32. The van der Waals surface area contributed by atoms with E-state index < -0.39 is 16.9 Å². The van der Waals surface area contributed by atoms with Gasteiger partial charge in [0.1, 0.15) is 0 Å². The van der Waals surface area contributed by atoms with E-state index in [1.807, 2.05) is 36.4 Å². The van der Waals surface area contributed by atoms with E-state index in [9.17, 15) is 14.9 Å². The number of pyridine rings is 1. The van der Waals surface area contributed by atoms with Gasteiger partial charge in [-0.2, -0.15) is 4.98 Å². The molecule has 9 nitrogen and oxygen atoms in total. The molecule has 2 N–H and O–H groups in total. The Morgan fingerprint density at radius 3 is 2.26 bits per heavy atom. The molecule has 2 heterocycles. The monoisotopic (exact) mass is 468 g/mol. The number of carbonyl (C=O) groups is 1. The smallest absolute Gasteiger partial charge is 0.273 e. The number of nitrogens with one attached hydrogen (secondary N) is 2. The van der Waals surface area contributed by atoms with Gasteiger partial charge >= 0.3 is 0 Å². The lowest BCUT2D eigenvalue weighted by Gasteiger charge is -2.37. The van der Waals surface area contributed by atoms with Crippen LogP contribution in [0.2, 0.25) is 0 Å². The van der Waals surface area contributed by atoms with Crippen LogP contribution in [0.25, 0.3) is 11.4 Å². The Balaban J connectivity index is 1.49. The molecule has 0 aliphatic heterocycles. The predicted molar refractivity (Wildman–Crippen MR) is 130 cm³/mol. The van der Waals surface area contributed by atoms with Gasteiger partial charge in [-0.3, -0.25) is 30.3 Å². The van der Waals surface area contributed by atoms with Crippen LogP contribution in [-0.2, 0) is 16.8 Å². The highest BCUT2D eigenvalue weighted by molar-refractivity contribution is 5.93. The summed E-state index contributed by atoms with van der Waals surface area (Å²) in [7, 11) is 0. The minimum Gasteiger partial charge on any atom is -0.293 e. The van der Waals surface area contributed by atoms with Crippen LogP contribution in [0.3, 0.4) is 0 Å². The number of aromatic amines is 1. The van der Waals surface area contributed by atoms with Gasteiger partial charge in [0.05, 0.1) is 5.41 Å². The first-order chi connectivity index (χ1) is 16.8. The molecule has 0 bridgehead atoms. The fraction of sp³-hybridized carbons (Fsp3) is 0.231. The average molecular weight is 469 g/mol. The number of carbonyl (C=O) groups excluding carboxylic acids is 1. The summed E-state index contributed by atoms with van der Waals surface area (Å²) >= 11 is 0. The molecule has 0 radical (unpaired) electrons. The number of hydrogen-bond acceptors (Lipinski definition) is 6. The molecule has 0 atom stereocenters. The molecule has 1 aliphatic carbocycles. The molecule has 2 aromatic carbocycles. The van der Waals surface area contributed by atoms with Gasteiger partial charge in [-0.05, 0) is 29.7 Å². The van der Waals surface area contributed by atoms with Crippen molar-refractivity contribution in [2.45, 2.75) is 32.2 Å². The van der Waals surface area contributed by atoms with Crippen molar-refractivity contribution in [3.05, 3.63) is 105 Å². The zero-order valence-corrected chi connectivity index (χ0v) is 19.4. The molecule has 0 unspecified atom stereocenters. The Labute approximate surface area is 201 Å². The third-order valence-electron chi connectivity index (χ3n) is 6.60. The zero-order chi connectivity index (χ0) is 24.6. The molecule has 35 heavy (non-hydrogen) atoms. The second kappa shape index (κ2) is 8.43. The molecular formula is C26H24N6O3.